The molecule has 0 radical (unpaired) electrons. The normalized spacial score (nSPS) is 11.4. The molecule has 0 bridgehead atoms. The molecule has 0 saturated carbocycles. The summed E-state index contributed by atoms with van der Waals surface area (Å²) in [6.45, 7) is 4.03. The number of benzene rings is 2. The first-order valence-corrected chi connectivity index (χ1v) is 9.27. The van der Waals surface area contributed by atoms with Gasteiger partial charge in [0.25, 0.3) is 5.56 Å². The molecule has 4 rings (SSSR count). The van der Waals surface area contributed by atoms with Gasteiger partial charge in [-0.15, -0.1) is 11.3 Å². The molecule has 2 aromatic heterocycles. The third-order valence-corrected chi connectivity index (χ3v) is 5.70. The fourth-order valence-corrected chi connectivity index (χ4v) is 4.24. The van der Waals surface area contributed by atoms with Crippen LogP contribution >= 0.6 is 11.3 Å². The maximum Gasteiger partial charge on any atom is 0.266 e. The van der Waals surface area contributed by atoms with E-state index in [4.69, 9.17) is 4.74 Å². The number of rotatable bonds is 3. The molecule has 0 aliphatic rings. The molecule has 0 unspecified atom stereocenters. The van der Waals surface area contributed by atoms with E-state index < -0.39 is 0 Å². The van der Waals surface area contributed by atoms with Crippen LogP contribution in [0.15, 0.2) is 41.2 Å². The average Bonchev–Trinajstić information content (AvgIpc) is 3.04. The van der Waals surface area contributed by atoms with E-state index in [0.717, 1.165) is 45.4 Å². The van der Waals surface area contributed by atoms with E-state index in [0.29, 0.717) is 15.8 Å². The van der Waals surface area contributed by atoms with Crippen LogP contribution in [0.4, 0.5) is 4.39 Å². The van der Waals surface area contributed by atoms with Gasteiger partial charge in [-0.3, -0.25) is 4.79 Å². The van der Waals surface area contributed by atoms with Gasteiger partial charge in [0, 0.05) is 16.3 Å². The Balaban J connectivity index is 2.20. The number of aromatic amines is 1. The van der Waals surface area contributed by atoms with E-state index in [1.54, 1.807) is 7.11 Å². The minimum Gasteiger partial charge on any atom is -0.496 e. The molecule has 3 nitrogen and oxygen atoms in total. The average molecular weight is 367 g/mol. The number of methoxy groups -OCH3 is 1. The number of hydrogen-bond donors (Lipinski definition) is 1. The molecule has 132 valence electrons. The van der Waals surface area contributed by atoms with E-state index in [1.807, 2.05) is 25.1 Å². The lowest BCUT2D eigenvalue weighted by Crippen LogP contribution is -2.06. The summed E-state index contributed by atoms with van der Waals surface area (Å²) in [5, 5.41) is 1.08. The minimum atomic E-state index is -0.370. The Morgan fingerprint density at radius 3 is 2.58 bits per heavy atom. The lowest BCUT2D eigenvalue weighted by atomic mass is 9.94. The summed E-state index contributed by atoms with van der Waals surface area (Å²) in [7, 11) is 1.63. The van der Waals surface area contributed by atoms with Crippen molar-refractivity contribution in [2.75, 3.05) is 7.11 Å². The third kappa shape index (κ3) is 2.51. The zero-order chi connectivity index (χ0) is 18.4. The van der Waals surface area contributed by atoms with Gasteiger partial charge in [-0.1, -0.05) is 31.2 Å². The Labute approximate surface area is 154 Å². The summed E-state index contributed by atoms with van der Waals surface area (Å²) in [6.07, 6.45) is 0.958. The first kappa shape index (κ1) is 16.8. The predicted molar refractivity (Wildman–Crippen MR) is 106 cm³/mol. The van der Waals surface area contributed by atoms with Crippen LogP contribution in [0.1, 0.15) is 18.1 Å². The zero-order valence-electron chi connectivity index (χ0n) is 14.8. The van der Waals surface area contributed by atoms with Gasteiger partial charge in [0.1, 0.15) is 10.4 Å². The molecule has 0 spiro atoms. The number of ether oxygens (including phenoxy) is 1. The van der Waals surface area contributed by atoms with Crippen molar-refractivity contribution in [3.05, 3.63) is 63.0 Å². The van der Waals surface area contributed by atoms with Crippen LogP contribution in [0.3, 0.4) is 0 Å². The molecule has 1 N–H and O–H groups in total. The van der Waals surface area contributed by atoms with Crippen molar-refractivity contribution in [1.82, 2.24) is 4.98 Å². The highest BCUT2D eigenvalue weighted by Gasteiger charge is 2.19. The molecule has 2 aromatic carbocycles. The van der Waals surface area contributed by atoms with Crippen molar-refractivity contribution < 1.29 is 9.13 Å². The molecule has 0 aliphatic carbocycles. The number of nitrogens with one attached hydrogen (secondary N) is 1. The standard InChI is InChI=1S/C21H18FNO2S/c1-4-12-5-7-13(8-6-12)17-15(25-3)9-11(2)19-18(17)14-10-16(22)26-20(14)21(24)23-19/h5-10H,4H2,1-3H3,(H,23,24). The monoisotopic (exact) mass is 367 g/mol. The fourth-order valence-electron chi connectivity index (χ4n) is 3.46. The molecule has 0 saturated heterocycles. The number of thiophene rings is 1. The van der Waals surface area contributed by atoms with Crippen molar-refractivity contribution in [3.8, 4) is 16.9 Å². The van der Waals surface area contributed by atoms with Gasteiger partial charge in [-0.25, -0.2) is 0 Å². The van der Waals surface area contributed by atoms with Crippen molar-refractivity contribution in [2.45, 2.75) is 20.3 Å². The Morgan fingerprint density at radius 1 is 1.19 bits per heavy atom. The number of H-pyrrole nitrogens is 1. The number of pyridine rings is 1. The number of fused-ring (bicyclic) bond motifs is 3. The Morgan fingerprint density at radius 2 is 1.92 bits per heavy atom. The van der Waals surface area contributed by atoms with Gasteiger partial charge in [0.15, 0.2) is 5.13 Å². The third-order valence-electron chi connectivity index (χ3n) is 4.78. The zero-order valence-corrected chi connectivity index (χ0v) is 15.6. The van der Waals surface area contributed by atoms with Gasteiger partial charge < -0.3 is 9.72 Å². The van der Waals surface area contributed by atoms with Crippen LogP contribution in [-0.4, -0.2) is 12.1 Å². The first-order chi connectivity index (χ1) is 12.5. The van der Waals surface area contributed by atoms with Gasteiger partial charge in [-0.05, 0) is 42.2 Å². The highest BCUT2D eigenvalue weighted by Crippen LogP contribution is 2.42. The summed E-state index contributed by atoms with van der Waals surface area (Å²) in [6, 6.07) is 11.6. The Hall–Kier alpha value is -2.66. The number of aromatic nitrogens is 1. The van der Waals surface area contributed by atoms with Crippen molar-refractivity contribution in [2.24, 2.45) is 0 Å². The smallest absolute Gasteiger partial charge is 0.266 e. The molecule has 2 heterocycles. The predicted octanol–water partition coefficient (Wildman–Crippen LogP) is 5.43. The van der Waals surface area contributed by atoms with Crippen LogP contribution in [-0.2, 0) is 6.42 Å². The van der Waals surface area contributed by atoms with Crippen LogP contribution in [0.25, 0.3) is 32.1 Å². The van der Waals surface area contributed by atoms with E-state index in [9.17, 15) is 9.18 Å². The summed E-state index contributed by atoms with van der Waals surface area (Å²) >= 11 is 0.872. The molecular formula is C21H18FNO2S. The van der Waals surface area contributed by atoms with Crippen LogP contribution < -0.4 is 10.3 Å². The van der Waals surface area contributed by atoms with Gasteiger partial charge in [0.2, 0.25) is 0 Å². The van der Waals surface area contributed by atoms with Gasteiger partial charge in [0.05, 0.1) is 12.6 Å². The second-order valence-corrected chi connectivity index (χ2v) is 7.32. The summed E-state index contributed by atoms with van der Waals surface area (Å²) in [5.74, 6) is 0.708. The topological polar surface area (TPSA) is 42.1 Å². The Kier molecular flexibility index (Phi) is 4.04. The fraction of sp³-hybridized carbons (Fsp3) is 0.190. The molecule has 0 atom stereocenters. The summed E-state index contributed by atoms with van der Waals surface area (Å²) in [4.78, 5) is 15.3. The summed E-state index contributed by atoms with van der Waals surface area (Å²) in [5.41, 5.74) is 4.43. The van der Waals surface area contributed by atoms with Crippen LogP contribution in [0, 0.1) is 12.1 Å². The second-order valence-electron chi connectivity index (χ2n) is 6.32. The largest absolute Gasteiger partial charge is 0.496 e. The lowest BCUT2D eigenvalue weighted by Gasteiger charge is -2.15. The second kappa shape index (κ2) is 6.25. The molecule has 0 aliphatic heterocycles. The molecule has 4 aromatic rings. The highest BCUT2D eigenvalue weighted by molar-refractivity contribution is 7.17. The molecule has 26 heavy (non-hydrogen) atoms. The molecule has 0 fully saturated rings. The number of hydrogen-bond acceptors (Lipinski definition) is 3. The maximum absolute atomic E-state index is 14.0. The van der Waals surface area contributed by atoms with Crippen molar-refractivity contribution in [3.63, 3.8) is 0 Å². The molecule has 5 heteroatoms. The van der Waals surface area contributed by atoms with Gasteiger partial charge in [-0.2, -0.15) is 4.39 Å². The van der Waals surface area contributed by atoms with Crippen LogP contribution in [0.5, 0.6) is 5.75 Å². The van der Waals surface area contributed by atoms with E-state index in [-0.39, 0.29) is 10.7 Å². The highest BCUT2D eigenvalue weighted by atomic mass is 32.1. The quantitative estimate of drug-likeness (QED) is 0.525. The number of aryl methyl sites for hydroxylation is 2. The minimum absolute atomic E-state index is 0.262. The van der Waals surface area contributed by atoms with Gasteiger partial charge >= 0.3 is 0 Å². The molecule has 0 amide bonds. The van der Waals surface area contributed by atoms with E-state index in [1.165, 1.54) is 11.6 Å². The SMILES string of the molecule is CCc1ccc(-c2c(OC)cc(C)c3[nH]c(=O)c4sc(F)cc4c23)cc1. The van der Waals surface area contributed by atoms with Crippen molar-refractivity contribution in [1.29, 1.82) is 0 Å². The van der Waals surface area contributed by atoms with Crippen LogP contribution in [0.2, 0.25) is 0 Å². The number of halogens is 1. The molecular weight excluding hydrogens is 349 g/mol. The van der Waals surface area contributed by atoms with E-state index >= 15 is 0 Å². The lowest BCUT2D eigenvalue weighted by molar-refractivity contribution is 0.416. The maximum atomic E-state index is 14.0. The first-order valence-electron chi connectivity index (χ1n) is 8.45. The van der Waals surface area contributed by atoms with Crippen molar-refractivity contribution >= 4 is 32.3 Å². The van der Waals surface area contributed by atoms with E-state index in [2.05, 4.69) is 24.0 Å². The Bertz CT molecular complexity index is 1190. The summed E-state index contributed by atoms with van der Waals surface area (Å²) < 4.78 is 20.0.